The first-order chi connectivity index (χ1) is 10.3. The van der Waals surface area contributed by atoms with Crippen molar-refractivity contribution in [1.29, 1.82) is 0 Å². The third-order valence-corrected chi connectivity index (χ3v) is 3.84. The molecule has 0 saturated heterocycles. The Morgan fingerprint density at radius 1 is 1.18 bits per heavy atom. The van der Waals surface area contributed by atoms with Gasteiger partial charge in [0.2, 0.25) is 5.91 Å². The Morgan fingerprint density at radius 2 is 1.77 bits per heavy atom. The van der Waals surface area contributed by atoms with Gasteiger partial charge in [0.15, 0.2) is 0 Å². The van der Waals surface area contributed by atoms with Crippen LogP contribution in [0.1, 0.15) is 46.0 Å². The molecule has 2 amide bonds. The van der Waals surface area contributed by atoms with Crippen molar-refractivity contribution in [3.63, 3.8) is 0 Å². The molecule has 0 heterocycles. The van der Waals surface area contributed by atoms with E-state index in [4.69, 9.17) is 0 Å². The summed E-state index contributed by atoms with van der Waals surface area (Å²) in [4.78, 5) is 52.1. The number of carboxylic acid groups (broad SMARTS) is 1. The van der Waals surface area contributed by atoms with Crippen LogP contribution in [0.4, 0.5) is 0 Å². The number of rotatable bonds is 5. The Balaban J connectivity index is 2.79. The summed E-state index contributed by atoms with van der Waals surface area (Å²) in [5.41, 5.74) is 0.468. The smallest absolute Gasteiger partial charge is 0.329 e. The Labute approximate surface area is 128 Å². The quantitative estimate of drug-likeness (QED) is 0.563. The van der Waals surface area contributed by atoms with E-state index in [9.17, 15) is 24.3 Å². The molecule has 0 spiro atoms. The molecule has 1 fully saturated rings. The van der Waals surface area contributed by atoms with Crippen molar-refractivity contribution < 1.29 is 29.1 Å². The van der Waals surface area contributed by atoms with Crippen molar-refractivity contribution in [3.05, 3.63) is 0 Å². The van der Waals surface area contributed by atoms with Crippen LogP contribution in [0.3, 0.4) is 0 Å². The Bertz CT molecular complexity index is 456. The van der Waals surface area contributed by atoms with Gasteiger partial charge in [-0.2, -0.15) is 5.48 Å². The Kier molecular flexibility index (Phi) is 6.33. The molecule has 0 radical (unpaired) electrons. The first kappa shape index (κ1) is 17.9. The van der Waals surface area contributed by atoms with E-state index in [1.807, 2.05) is 5.48 Å². The molecule has 0 bridgehead atoms. The lowest BCUT2D eigenvalue weighted by molar-refractivity contribution is -0.165. The van der Waals surface area contributed by atoms with Gasteiger partial charge in [0.25, 0.3) is 5.91 Å². The number of nitrogens with one attached hydrogen (secondary N) is 1. The second-order valence-corrected chi connectivity index (χ2v) is 5.39. The van der Waals surface area contributed by atoms with Gasteiger partial charge in [0.1, 0.15) is 12.0 Å². The number of carboxylic acids is 1. The Morgan fingerprint density at radius 3 is 2.23 bits per heavy atom. The molecule has 1 saturated carbocycles. The Hall–Kier alpha value is -2.12. The highest BCUT2D eigenvalue weighted by Crippen LogP contribution is 2.38. The minimum absolute atomic E-state index is 0.196. The normalized spacial score (nSPS) is 16.5. The largest absolute Gasteiger partial charge is 0.480 e. The van der Waals surface area contributed by atoms with E-state index in [1.165, 1.54) is 4.90 Å². The molecule has 0 atom stereocenters. The van der Waals surface area contributed by atoms with Crippen molar-refractivity contribution in [2.45, 2.75) is 46.0 Å². The first-order valence-corrected chi connectivity index (χ1v) is 7.32. The maximum Gasteiger partial charge on any atom is 0.329 e. The fourth-order valence-corrected chi connectivity index (χ4v) is 2.64. The molecular weight excluding hydrogens is 292 g/mol. The van der Waals surface area contributed by atoms with Gasteiger partial charge in [-0.1, -0.05) is 19.3 Å². The van der Waals surface area contributed by atoms with Gasteiger partial charge < -0.3 is 14.8 Å². The SMILES string of the molecule is CCN(CC(=O)NOC(C)=O)C(=O)C1(C(=O)O)CCCCC1. The summed E-state index contributed by atoms with van der Waals surface area (Å²) in [7, 11) is 0. The van der Waals surface area contributed by atoms with Crippen molar-refractivity contribution in [1.82, 2.24) is 10.4 Å². The van der Waals surface area contributed by atoms with E-state index in [2.05, 4.69) is 4.84 Å². The molecule has 1 aliphatic rings. The molecule has 8 heteroatoms. The summed E-state index contributed by atoms with van der Waals surface area (Å²) in [6.45, 7) is 2.64. The van der Waals surface area contributed by atoms with Crippen LogP contribution in [-0.2, 0) is 24.0 Å². The highest BCUT2D eigenvalue weighted by atomic mass is 16.7. The van der Waals surface area contributed by atoms with Crippen molar-refractivity contribution in [2.24, 2.45) is 5.41 Å². The molecule has 22 heavy (non-hydrogen) atoms. The maximum atomic E-state index is 12.6. The molecule has 1 rings (SSSR count). The van der Waals surface area contributed by atoms with Crippen LogP contribution in [0.15, 0.2) is 0 Å². The molecule has 8 nitrogen and oxygen atoms in total. The minimum Gasteiger partial charge on any atom is -0.480 e. The lowest BCUT2D eigenvalue weighted by Gasteiger charge is -2.35. The number of hydrogen-bond acceptors (Lipinski definition) is 5. The lowest BCUT2D eigenvalue weighted by Crippen LogP contribution is -2.52. The molecular formula is C14H22N2O6. The lowest BCUT2D eigenvalue weighted by atomic mass is 9.73. The fourth-order valence-electron chi connectivity index (χ4n) is 2.64. The van der Waals surface area contributed by atoms with E-state index in [-0.39, 0.29) is 25.9 Å². The summed E-state index contributed by atoms with van der Waals surface area (Å²) in [5.74, 6) is -3.06. The van der Waals surface area contributed by atoms with E-state index in [0.717, 1.165) is 13.3 Å². The third-order valence-electron chi connectivity index (χ3n) is 3.84. The second kappa shape index (κ2) is 7.77. The highest BCUT2D eigenvalue weighted by Gasteiger charge is 2.48. The maximum absolute atomic E-state index is 12.6. The molecule has 2 N–H and O–H groups in total. The molecule has 0 aromatic carbocycles. The molecule has 0 unspecified atom stereocenters. The number of hydrogen-bond donors (Lipinski definition) is 2. The van der Waals surface area contributed by atoms with Crippen molar-refractivity contribution in [2.75, 3.05) is 13.1 Å². The summed E-state index contributed by atoms with van der Waals surface area (Å²) in [6.07, 6.45) is 2.82. The average molecular weight is 314 g/mol. The van der Waals surface area contributed by atoms with Crippen LogP contribution in [0.25, 0.3) is 0 Å². The van der Waals surface area contributed by atoms with E-state index in [0.29, 0.717) is 12.8 Å². The fraction of sp³-hybridized carbons (Fsp3) is 0.714. The van der Waals surface area contributed by atoms with Gasteiger partial charge in [-0.15, -0.1) is 0 Å². The standard InChI is InChI=1S/C14H22N2O6/c1-3-16(9-11(18)15-22-10(2)17)12(19)14(13(20)21)7-5-4-6-8-14/h3-9H2,1-2H3,(H,15,18)(H,20,21). The average Bonchev–Trinajstić information content (AvgIpc) is 2.50. The molecule has 124 valence electrons. The van der Waals surface area contributed by atoms with Crippen molar-refractivity contribution in [3.8, 4) is 0 Å². The number of carbonyl (C=O) groups is 4. The molecule has 0 aromatic heterocycles. The zero-order valence-electron chi connectivity index (χ0n) is 12.9. The number of nitrogens with zero attached hydrogens (tertiary/aromatic N) is 1. The van der Waals surface area contributed by atoms with Gasteiger partial charge in [-0.25, -0.2) is 0 Å². The van der Waals surface area contributed by atoms with E-state index in [1.54, 1.807) is 6.92 Å². The summed E-state index contributed by atoms with van der Waals surface area (Å²) < 4.78 is 0. The van der Waals surface area contributed by atoms with Crippen LogP contribution in [0, 0.1) is 5.41 Å². The summed E-state index contributed by atoms with van der Waals surface area (Å²) in [5, 5.41) is 9.50. The van der Waals surface area contributed by atoms with Gasteiger partial charge >= 0.3 is 11.9 Å². The van der Waals surface area contributed by atoms with Gasteiger partial charge in [0, 0.05) is 13.5 Å². The summed E-state index contributed by atoms with van der Waals surface area (Å²) >= 11 is 0. The van der Waals surface area contributed by atoms with Gasteiger partial charge in [0.05, 0.1) is 0 Å². The zero-order chi connectivity index (χ0) is 16.8. The van der Waals surface area contributed by atoms with Gasteiger partial charge in [-0.05, 0) is 19.8 Å². The number of carbonyl (C=O) groups excluding carboxylic acids is 3. The molecule has 1 aliphatic carbocycles. The van der Waals surface area contributed by atoms with Crippen LogP contribution >= 0.6 is 0 Å². The number of aliphatic carboxylic acids is 1. The third kappa shape index (κ3) is 4.19. The number of amides is 2. The van der Waals surface area contributed by atoms with E-state index < -0.39 is 29.2 Å². The number of hydroxylamine groups is 1. The van der Waals surface area contributed by atoms with Crippen LogP contribution in [-0.4, -0.2) is 46.8 Å². The predicted molar refractivity (Wildman–Crippen MR) is 75.3 cm³/mol. The molecule has 0 aliphatic heterocycles. The van der Waals surface area contributed by atoms with Crippen LogP contribution in [0.5, 0.6) is 0 Å². The second-order valence-electron chi connectivity index (χ2n) is 5.39. The van der Waals surface area contributed by atoms with Crippen molar-refractivity contribution >= 4 is 23.8 Å². The first-order valence-electron chi connectivity index (χ1n) is 7.32. The molecule has 0 aromatic rings. The minimum atomic E-state index is -1.45. The van der Waals surface area contributed by atoms with Gasteiger partial charge in [-0.3, -0.25) is 19.2 Å². The zero-order valence-corrected chi connectivity index (χ0v) is 12.9. The topological polar surface area (TPSA) is 113 Å². The summed E-state index contributed by atoms with van der Waals surface area (Å²) in [6, 6.07) is 0. The van der Waals surface area contributed by atoms with E-state index >= 15 is 0 Å². The van der Waals surface area contributed by atoms with Crippen LogP contribution < -0.4 is 5.48 Å². The highest BCUT2D eigenvalue weighted by molar-refractivity contribution is 6.03. The number of likely N-dealkylation sites (N-methyl/N-ethyl adjacent to an activating group) is 1. The van der Waals surface area contributed by atoms with Crippen LogP contribution in [0.2, 0.25) is 0 Å². The predicted octanol–water partition coefficient (Wildman–Crippen LogP) is 0.464. The monoisotopic (exact) mass is 314 g/mol.